The van der Waals surface area contributed by atoms with E-state index in [9.17, 15) is 0 Å². The zero-order chi connectivity index (χ0) is 22.8. The number of H-pyrrole nitrogens is 1. The lowest BCUT2D eigenvalue weighted by Gasteiger charge is -2.11. The molecule has 0 bridgehead atoms. The van der Waals surface area contributed by atoms with Crippen LogP contribution in [0.5, 0.6) is 5.75 Å². The molecule has 3 heterocycles. The standard InChI is InChI=1S/C25H25N7O/c1-4-22-27-23-16(2)13-17(3)26-25(23)32(22)14-18-9-11-20(12-10-18)33-15-19-7-5-6-8-21(19)24-28-30-31-29-24/h5-13H,4,14-15H2,1-3H3,(H,28,29,30,31). The molecule has 0 fully saturated rings. The van der Waals surface area contributed by atoms with Crippen molar-refractivity contribution in [2.45, 2.75) is 40.3 Å². The third-order valence-electron chi connectivity index (χ3n) is 5.68. The Labute approximate surface area is 191 Å². The molecule has 0 aliphatic carbocycles. The van der Waals surface area contributed by atoms with Crippen LogP contribution in [-0.4, -0.2) is 35.2 Å². The number of imidazole rings is 1. The molecular weight excluding hydrogens is 414 g/mol. The number of pyridine rings is 1. The van der Waals surface area contributed by atoms with Crippen molar-refractivity contribution in [2.24, 2.45) is 0 Å². The molecule has 0 saturated carbocycles. The molecule has 33 heavy (non-hydrogen) atoms. The van der Waals surface area contributed by atoms with Crippen molar-refractivity contribution < 1.29 is 4.74 Å². The molecular formula is C25H25N7O. The van der Waals surface area contributed by atoms with Crippen molar-refractivity contribution in [1.82, 2.24) is 35.2 Å². The van der Waals surface area contributed by atoms with Crippen molar-refractivity contribution in [3.8, 4) is 17.1 Å². The van der Waals surface area contributed by atoms with Crippen LogP contribution >= 0.6 is 0 Å². The number of aryl methyl sites for hydroxylation is 3. The van der Waals surface area contributed by atoms with Gasteiger partial charge in [-0.3, -0.25) is 0 Å². The Kier molecular flexibility index (Phi) is 5.56. The summed E-state index contributed by atoms with van der Waals surface area (Å²) in [5.41, 5.74) is 7.17. The van der Waals surface area contributed by atoms with Gasteiger partial charge in [0.2, 0.25) is 5.82 Å². The van der Waals surface area contributed by atoms with Crippen LogP contribution < -0.4 is 4.74 Å². The Morgan fingerprint density at radius 1 is 1.00 bits per heavy atom. The summed E-state index contributed by atoms with van der Waals surface area (Å²) in [5.74, 6) is 2.41. The minimum atomic E-state index is 0.415. The number of nitrogens with zero attached hydrogens (tertiary/aromatic N) is 6. The lowest BCUT2D eigenvalue weighted by molar-refractivity contribution is 0.306. The van der Waals surface area contributed by atoms with Crippen molar-refractivity contribution in [1.29, 1.82) is 0 Å². The molecule has 0 spiro atoms. The molecule has 8 heteroatoms. The summed E-state index contributed by atoms with van der Waals surface area (Å²) in [6, 6.07) is 18.2. The molecule has 3 aromatic heterocycles. The van der Waals surface area contributed by atoms with Gasteiger partial charge < -0.3 is 9.30 Å². The van der Waals surface area contributed by atoms with Crippen molar-refractivity contribution in [3.05, 3.63) is 82.8 Å². The molecule has 5 aromatic rings. The van der Waals surface area contributed by atoms with Gasteiger partial charge in [0, 0.05) is 23.2 Å². The largest absolute Gasteiger partial charge is 0.489 e. The Balaban J connectivity index is 1.34. The second kappa shape index (κ2) is 8.82. The first-order valence-corrected chi connectivity index (χ1v) is 11.0. The van der Waals surface area contributed by atoms with Crippen LogP contribution in [0.3, 0.4) is 0 Å². The van der Waals surface area contributed by atoms with Gasteiger partial charge in [0.15, 0.2) is 5.65 Å². The second-order valence-corrected chi connectivity index (χ2v) is 8.05. The van der Waals surface area contributed by atoms with E-state index in [0.717, 1.165) is 58.1 Å². The van der Waals surface area contributed by atoms with Gasteiger partial charge in [0.1, 0.15) is 23.7 Å². The Bertz CT molecular complexity index is 1390. The van der Waals surface area contributed by atoms with Crippen molar-refractivity contribution >= 4 is 11.2 Å². The lowest BCUT2D eigenvalue weighted by Crippen LogP contribution is -2.06. The Morgan fingerprint density at radius 3 is 2.58 bits per heavy atom. The van der Waals surface area contributed by atoms with E-state index < -0.39 is 0 Å². The predicted molar refractivity (Wildman–Crippen MR) is 126 cm³/mol. The first-order valence-electron chi connectivity index (χ1n) is 11.0. The van der Waals surface area contributed by atoms with Crippen LogP contribution in [0, 0.1) is 13.8 Å². The van der Waals surface area contributed by atoms with Crippen LogP contribution in [0.25, 0.3) is 22.6 Å². The molecule has 0 saturated heterocycles. The number of hydrogen-bond acceptors (Lipinski definition) is 6. The minimum Gasteiger partial charge on any atom is -0.489 e. The van der Waals surface area contributed by atoms with E-state index in [2.05, 4.69) is 57.2 Å². The van der Waals surface area contributed by atoms with Crippen LogP contribution in [0.4, 0.5) is 0 Å². The van der Waals surface area contributed by atoms with Gasteiger partial charge in [-0.1, -0.05) is 43.3 Å². The summed E-state index contributed by atoms with van der Waals surface area (Å²) >= 11 is 0. The maximum Gasteiger partial charge on any atom is 0.205 e. The molecule has 0 unspecified atom stereocenters. The Hall–Kier alpha value is -4.07. The van der Waals surface area contributed by atoms with Crippen molar-refractivity contribution in [3.63, 3.8) is 0 Å². The normalized spacial score (nSPS) is 11.2. The van der Waals surface area contributed by atoms with Gasteiger partial charge in [0.25, 0.3) is 0 Å². The lowest BCUT2D eigenvalue weighted by atomic mass is 10.1. The highest BCUT2D eigenvalue weighted by Gasteiger charge is 2.14. The van der Waals surface area contributed by atoms with E-state index in [1.807, 2.05) is 43.3 Å². The number of benzene rings is 2. The number of aromatic amines is 1. The van der Waals surface area contributed by atoms with E-state index in [4.69, 9.17) is 14.7 Å². The third-order valence-corrected chi connectivity index (χ3v) is 5.68. The molecule has 1 N–H and O–H groups in total. The number of fused-ring (bicyclic) bond motifs is 1. The van der Waals surface area contributed by atoms with Crippen LogP contribution in [0.1, 0.15) is 35.1 Å². The highest BCUT2D eigenvalue weighted by atomic mass is 16.5. The monoisotopic (exact) mass is 439 g/mol. The number of ether oxygens (including phenoxy) is 1. The predicted octanol–water partition coefficient (Wildman–Crippen LogP) is 4.42. The first kappa shape index (κ1) is 20.8. The number of hydrogen-bond donors (Lipinski definition) is 1. The SMILES string of the molecule is CCc1nc2c(C)cc(C)nc2n1Cc1ccc(OCc2ccccc2-c2nn[nH]n2)cc1. The van der Waals surface area contributed by atoms with Gasteiger partial charge in [0.05, 0.1) is 6.54 Å². The number of aromatic nitrogens is 7. The second-order valence-electron chi connectivity index (χ2n) is 8.05. The first-order chi connectivity index (χ1) is 16.1. The van der Waals surface area contributed by atoms with E-state index >= 15 is 0 Å². The average molecular weight is 440 g/mol. The van der Waals surface area contributed by atoms with Gasteiger partial charge in [-0.2, -0.15) is 5.21 Å². The summed E-state index contributed by atoms with van der Waals surface area (Å²) in [5, 5.41) is 14.3. The minimum absolute atomic E-state index is 0.415. The quantitative estimate of drug-likeness (QED) is 0.403. The van der Waals surface area contributed by atoms with Gasteiger partial charge in [-0.25, -0.2) is 9.97 Å². The van der Waals surface area contributed by atoms with E-state index in [1.165, 1.54) is 5.56 Å². The zero-order valence-electron chi connectivity index (χ0n) is 18.9. The summed E-state index contributed by atoms with van der Waals surface area (Å²) in [6.07, 6.45) is 0.857. The molecule has 8 nitrogen and oxygen atoms in total. The molecule has 5 rings (SSSR count). The number of nitrogens with one attached hydrogen (secondary N) is 1. The molecule has 0 atom stereocenters. The molecule has 0 amide bonds. The summed E-state index contributed by atoms with van der Waals surface area (Å²) in [6.45, 7) is 7.38. The van der Waals surface area contributed by atoms with E-state index in [0.29, 0.717) is 12.4 Å². The van der Waals surface area contributed by atoms with Crippen LogP contribution in [0.15, 0.2) is 54.6 Å². The fourth-order valence-electron chi connectivity index (χ4n) is 4.06. The summed E-state index contributed by atoms with van der Waals surface area (Å²) < 4.78 is 8.26. The maximum absolute atomic E-state index is 6.05. The topological polar surface area (TPSA) is 94.4 Å². The Morgan fingerprint density at radius 2 is 1.82 bits per heavy atom. The number of rotatable bonds is 7. The van der Waals surface area contributed by atoms with E-state index in [-0.39, 0.29) is 0 Å². The zero-order valence-corrected chi connectivity index (χ0v) is 18.9. The highest BCUT2D eigenvalue weighted by Crippen LogP contribution is 2.24. The molecule has 166 valence electrons. The molecule has 2 aromatic carbocycles. The molecule has 0 radical (unpaired) electrons. The fraction of sp³-hybridized carbons (Fsp3) is 0.240. The van der Waals surface area contributed by atoms with Gasteiger partial charge >= 0.3 is 0 Å². The van der Waals surface area contributed by atoms with Crippen LogP contribution in [0.2, 0.25) is 0 Å². The van der Waals surface area contributed by atoms with Gasteiger partial charge in [-0.15, -0.1) is 10.2 Å². The highest BCUT2D eigenvalue weighted by molar-refractivity contribution is 5.76. The third kappa shape index (κ3) is 4.19. The molecule has 0 aliphatic rings. The molecule has 0 aliphatic heterocycles. The maximum atomic E-state index is 6.05. The van der Waals surface area contributed by atoms with Gasteiger partial charge in [-0.05, 0) is 48.4 Å². The number of tetrazole rings is 1. The van der Waals surface area contributed by atoms with Crippen molar-refractivity contribution in [2.75, 3.05) is 0 Å². The van der Waals surface area contributed by atoms with Crippen LogP contribution in [-0.2, 0) is 19.6 Å². The van der Waals surface area contributed by atoms with E-state index in [1.54, 1.807) is 0 Å². The smallest absolute Gasteiger partial charge is 0.205 e. The average Bonchev–Trinajstić information content (AvgIpc) is 3.48. The fourth-order valence-corrected chi connectivity index (χ4v) is 4.06. The summed E-state index contributed by atoms with van der Waals surface area (Å²) in [7, 11) is 0. The summed E-state index contributed by atoms with van der Waals surface area (Å²) in [4.78, 5) is 9.61.